The van der Waals surface area contributed by atoms with Gasteiger partial charge >= 0.3 is 0 Å². The Morgan fingerprint density at radius 2 is 1.92 bits per heavy atom. The number of methoxy groups -OCH3 is 1. The molecule has 0 spiro atoms. The molecule has 5 nitrogen and oxygen atoms in total. The fourth-order valence-corrected chi connectivity index (χ4v) is 4.05. The summed E-state index contributed by atoms with van der Waals surface area (Å²) in [6.45, 7) is 10.2. The lowest BCUT2D eigenvalue weighted by Gasteiger charge is -2.34. The van der Waals surface area contributed by atoms with Crippen molar-refractivity contribution >= 4 is 29.9 Å². The molecule has 2 unspecified atom stereocenters. The van der Waals surface area contributed by atoms with Gasteiger partial charge in [-0.05, 0) is 50.9 Å². The number of likely N-dealkylation sites (tertiary alicyclic amines) is 1. The van der Waals surface area contributed by atoms with Gasteiger partial charge < -0.3 is 19.7 Å². The van der Waals surface area contributed by atoms with Crippen molar-refractivity contribution in [3.8, 4) is 0 Å². The standard InChI is InChI=1S/C20H39N3O2.HI/c1-4-21-20(22-16-18-8-5-7-17(2)15-18)23-11-9-19(10-12-23)25-14-6-13-24-3;/h17-19H,4-16H2,1-3H3,(H,21,22);1H. The van der Waals surface area contributed by atoms with E-state index in [-0.39, 0.29) is 24.0 Å². The minimum atomic E-state index is 0. The predicted octanol–water partition coefficient (Wildman–Crippen LogP) is 3.91. The first-order valence-electron chi connectivity index (χ1n) is 10.4. The number of piperidine rings is 1. The summed E-state index contributed by atoms with van der Waals surface area (Å²) in [5.41, 5.74) is 0. The summed E-state index contributed by atoms with van der Waals surface area (Å²) >= 11 is 0. The quantitative estimate of drug-likeness (QED) is 0.247. The van der Waals surface area contributed by atoms with Gasteiger partial charge in [-0.3, -0.25) is 4.99 Å². The highest BCUT2D eigenvalue weighted by Crippen LogP contribution is 2.28. The largest absolute Gasteiger partial charge is 0.385 e. The van der Waals surface area contributed by atoms with Crippen LogP contribution in [0.15, 0.2) is 4.99 Å². The van der Waals surface area contributed by atoms with Crippen molar-refractivity contribution in [3.05, 3.63) is 0 Å². The number of aliphatic imine (C=N–C) groups is 1. The Kier molecular flexibility index (Phi) is 12.9. The van der Waals surface area contributed by atoms with E-state index in [1.165, 1.54) is 25.7 Å². The second-order valence-electron chi connectivity index (χ2n) is 7.74. The maximum atomic E-state index is 5.97. The molecular weight excluding hydrogens is 441 g/mol. The smallest absolute Gasteiger partial charge is 0.193 e. The van der Waals surface area contributed by atoms with E-state index >= 15 is 0 Å². The lowest BCUT2D eigenvalue weighted by atomic mass is 9.82. The molecule has 2 atom stereocenters. The molecule has 154 valence electrons. The Labute approximate surface area is 177 Å². The Balaban J connectivity index is 0.00000338. The van der Waals surface area contributed by atoms with Crippen LogP contribution >= 0.6 is 24.0 Å². The van der Waals surface area contributed by atoms with Crippen molar-refractivity contribution in [1.29, 1.82) is 0 Å². The molecule has 0 aromatic heterocycles. The fourth-order valence-electron chi connectivity index (χ4n) is 4.05. The molecule has 1 aliphatic carbocycles. The van der Waals surface area contributed by atoms with E-state index in [4.69, 9.17) is 14.5 Å². The van der Waals surface area contributed by atoms with E-state index in [0.29, 0.717) is 6.10 Å². The predicted molar refractivity (Wildman–Crippen MR) is 120 cm³/mol. The van der Waals surface area contributed by atoms with Crippen molar-refractivity contribution in [2.45, 2.75) is 64.9 Å². The average Bonchev–Trinajstić information content (AvgIpc) is 2.63. The van der Waals surface area contributed by atoms with Crippen LogP contribution in [0.4, 0.5) is 0 Å². The molecule has 1 saturated heterocycles. The van der Waals surface area contributed by atoms with Gasteiger partial charge in [0.15, 0.2) is 5.96 Å². The SMILES string of the molecule is CCNC(=NCC1CCCC(C)C1)N1CCC(OCCCOC)CC1.I. The molecule has 0 aromatic carbocycles. The second-order valence-corrected chi connectivity index (χ2v) is 7.74. The summed E-state index contributed by atoms with van der Waals surface area (Å²) < 4.78 is 11.1. The Hall–Kier alpha value is -0.0800. The first-order valence-corrected chi connectivity index (χ1v) is 10.4. The van der Waals surface area contributed by atoms with Crippen LogP contribution in [0.2, 0.25) is 0 Å². The molecule has 0 bridgehead atoms. The van der Waals surface area contributed by atoms with Crippen molar-refractivity contribution in [1.82, 2.24) is 10.2 Å². The molecule has 2 aliphatic rings. The van der Waals surface area contributed by atoms with Crippen LogP contribution in [-0.4, -0.2) is 63.5 Å². The molecule has 0 amide bonds. The number of hydrogen-bond donors (Lipinski definition) is 1. The summed E-state index contributed by atoms with van der Waals surface area (Å²) in [4.78, 5) is 7.40. The Bertz CT molecular complexity index is 387. The van der Waals surface area contributed by atoms with Gasteiger partial charge in [0.25, 0.3) is 0 Å². The Morgan fingerprint density at radius 3 is 2.58 bits per heavy atom. The van der Waals surface area contributed by atoms with Gasteiger partial charge in [-0.2, -0.15) is 0 Å². The lowest BCUT2D eigenvalue weighted by Crippen LogP contribution is -2.47. The third-order valence-corrected chi connectivity index (χ3v) is 5.47. The molecule has 1 N–H and O–H groups in total. The van der Waals surface area contributed by atoms with Gasteiger partial charge in [0.05, 0.1) is 6.10 Å². The topological polar surface area (TPSA) is 46.1 Å². The highest BCUT2D eigenvalue weighted by molar-refractivity contribution is 14.0. The summed E-state index contributed by atoms with van der Waals surface area (Å²) in [7, 11) is 1.74. The summed E-state index contributed by atoms with van der Waals surface area (Å²) in [5.74, 6) is 2.76. The first kappa shape index (κ1) is 24.0. The first-order chi connectivity index (χ1) is 12.2. The van der Waals surface area contributed by atoms with Crippen LogP contribution in [0.25, 0.3) is 0 Å². The molecule has 1 heterocycles. The van der Waals surface area contributed by atoms with Crippen molar-refractivity contribution in [2.75, 3.05) is 46.5 Å². The van der Waals surface area contributed by atoms with Crippen LogP contribution in [0, 0.1) is 11.8 Å². The molecule has 0 aromatic rings. The fraction of sp³-hybridized carbons (Fsp3) is 0.950. The van der Waals surface area contributed by atoms with Crippen LogP contribution in [0.5, 0.6) is 0 Å². The van der Waals surface area contributed by atoms with Crippen LogP contribution in [-0.2, 0) is 9.47 Å². The van der Waals surface area contributed by atoms with Gasteiger partial charge in [-0.1, -0.05) is 19.8 Å². The third kappa shape index (κ3) is 8.74. The van der Waals surface area contributed by atoms with Crippen molar-refractivity contribution in [2.24, 2.45) is 16.8 Å². The highest BCUT2D eigenvalue weighted by atomic mass is 127. The minimum Gasteiger partial charge on any atom is -0.385 e. The number of ether oxygens (including phenoxy) is 2. The molecular formula is C20H40IN3O2. The van der Waals surface area contributed by atoms with Gasteiger partial charge in [0.1, 0.15) is 0 Å². The van der Waals surface area contributed by atoms with E-state index in [1.54, 1.807) is 7.11 Å². The van der Waals surface area contributed by atoms with Gasteiger partial charge in [0.2, 0.25) is 0 Å². The summed E-state index contributed by atoms with van der Waals surface area (Å²) in [6, 6.07) is 0. The number of hydrogen-bond acceptors (Lipinski definition) is 3. The lowest BCUT2D eigenvalue weighted by molar-refractivity contribution is 0.00989. The number of nitrogens with one attached hydrogen (secondary N) is 1. The molecule has 2 rings (SSSR count). The van der Waals surface area contributed by atoms with Gasteiger partial charge in [0, 0.05) is 46.5 Å². The zero-order chi connectivity index (χ0) is 17.9. The van der Waals surface area contributed by atoms with E-state index < -0.39 is 0 Å². The molecule has 26 heavy (non-hydrogen) atoms. The highest BCUT2D eigenvalue weighted by Gasteiger charge is 2.23. The maximum Gasteiger partial charge on any atom is 0.193 e. The number of rotatable bonds is 8. The zero-order valence-corrected chi connectivity index (χ0v) is 19.4. The Morgan fingerprint density at radius 1 is 1.15 bits per heavy atom. The third-order valence-electron chi connectivity index (χ3n) is 5.47. The average molecular weight is 481 g/mol. The van der Waals surface area contributed by atoms with Crippen LogP contribution in [0.3, 0.4) is 0 Å². The van der Waals surface area contributed by atoms with Crippen LogP contribution < -0.4 is 5.32 Å². The molecule has 0 radical (unpaired) electrons. The minimum absolute atomic E-state index is 0. The van der Waals surface area contributed by atoms with E-state index in [0.717, 1.165) is 76.5 Å². The molecule has 2 fully saturated rings. The normalized spacial score (nSPS) is 25.0. The number of halogens is 1. The summed E-state index contributed by atoms with van der Waals surface area (Å²) in [6.07, 6.45) is 9.05. The molecule has 1 saturated carbocycles. The monoisotopic (exact) mass is 481 g/mol. The van der Waals surface area contributed by atoms with E-state index in [9.17, 15) is 0 Å². The van der Waals surface area contributed by atoms with Gasteiger partial charge in [-0.15, -0.1) is 24.0 Å². The van der Waals surface area contributed by atoms with Gasteiger partial charge in [-0.25, -0.2) is 0 Å². The molecule has 6 heteroatoms. The van der Waals surface area contributed by atoms with E-state index in [2.05, 4.69) is 24.1 Å². The number of guanidine groups is 1. The number of nitrogens with zero attached hydrogens (tertiary/aromatic N) is 2. The van der Waals surface area contributed by atoms with Crippen LogP contribution in [0.1, 0.15) is 58.8 Å². The van der Waals surface area contributed by atoms with E-state index in [1.807, 2.05) is 0 Å². The van der Waals surface area contributed by atoms with Crippen molar-refractivity contribution in [3.63, 3.8) is 0 Å². The maximum absolute atomic E-state index is 5.97. The zero-order valence-electron chi connectivity index (χ0n) is 17.0. The summed E-state index contributed by atoms with van der Waals surface area (Å²) in [5, 5.41) is 3.50. The van der Waals surface area contributed by atoms with Crippen molar-refractivity contribution < 1.29 is 9.47 Å². The second kappa shape index (κ2) is 14.0. The molecule has 1 aliphatic heterocycles.